The van der Waals surface area contributed by atoms with Gasteiger partial charge < -0.3 is 9.88 Å². The first kappa shape index (κ1) is 16.7. The Hall–Kier alpha value is -3.16. The summed E-state index contributed by atoms with van der Waals surface area (Å²) in [6.07, 6.45) is 5.98. The highest BCUT2D eigenvalue weighted by Crippen LogP contribution is 2.28. The van der Waals surface area contributed by atoms with Gasteiger partial charge in [0.05, 0.1) is 11.3 Å². The van der Waals surface area contributed by atoms with Gasteiger partial charge in [-0.25, -0.2) is 9.67 Å². The minimum absolute atomic E-state index is 0.0572. The molecule has 0 unspecified atom stereocenters. The number of hydrogen-bond donors (Lipinski definition) is 1. The summed E-state index contributed by atoms with van der Waals surface area (Å²) in [5, 5.41) is 18.7. The van der Waals surface area contributed by atoms with Gasteiger partial charge in [0.15, 0.2) is 0 Å². The van der Waals surface area contributed by atoms with E-state index >= 15 is 0 Å². The molecular weight excluding hydrogens is 320 g/mol. The first-order valence-electron chi connectivity index (χ1n) is 8.06. The fourth-order valence-electron chi connectivity index (χ4n) is 2.74. The smallest absolute Gasteiger partial charge is 0.333 e. The zero-order valence-electron chi connectivity index (χ0n) is 14.2. The van der Waals surface area contributed by atoms with Crippen molar-refractivity contribution in [2.75, 3.05) is 5.32 Å². The Morgan fingerprint density at radius 3 is 2.56 bits per heavy atom. The Morgan fingerprint density at radius 2 is 1.96 bits per heavy atom. The molecule has 0 fully saturated rings. The lowest BCUT2D eigenvalue weighted by molar-refractivity contribution is -0.384. The topological polar surface area (TPSA) is 90.8 Å². The number of aromatic nitrogens is 4. The van der Waals surface area contributed by atoms with E-state index in [2.05, 4.69) is 15.4 Å². The van der Waals surface area contributed by atoms with Gasteiger partial charge in [-0.1, -0.05) is 31.2 Å². The number of aryl methyl sites for hydroxylation is 2. The molecule has 0 bridgehead atoms. The Bertz CT molecular complexity index is 852. The van der Waals surface area contributed by atoms with E-state index in [1.54, 1.807) is 19.6 Å². The maximum absolute atomic E-state index is 11.3. The average Bonchev–Trinajstić information content (AvgIpc) is 3.21. The van der Waals surface area contributed by atoms with Crippen LogP contribution < -0.4 is 5.32 Å². The standard InChI is InChI=1S/C17H20N6O2/c1-3-15-16(23(24)25)17(21(2)20-15)19-10-13-4-6-14(7-5-13)11-22-9-8-18-12-22/h4-9,12,19H,3,10-11H2,1-2H3. The maximum atomic E-state index is 11.3. The van der Waals surface area contributed by atoms with Crippen molar-refractivity contribution in [1.82, 2.24) is 19.3 Å². The molecule has 0 saturated carbocycles. The largest absolute Gasteiger partial charge is 0.360 e. The van der Waals surface area contributed by atoms with Crippen LogP contribution in [0.25, 0.3) is 0 Å². The summed E-state index contributed by atoms with van der Waals surface area (Å²) < 4.78 is 3.53. The summed E-state index contributed by atoms with van der Waals surface area (Å²) in [5.41, 5.74) is 2.76. The van der Waals surface area contributed by atoms with E-state index in [-0.39, 0.29) is 10.6 Å². The van der Waals surface area contributed by atoms with Crippen LogP contribution in [0.3, 0.4) is 0 Å². The molecule has 0 amide bonds. The maximum Gasteiger partial charge on any atom is 0.333 e. The zero-order valence-corrected chi connectivity index (χ0v) is 14.2. The summed E-state index contributed by atoms with van der Waals surface area (Å²) >= 11 is 0. The Kier molecular flexibility index (Phi) is 4.78. The molecule has 3 aromatic rings. The molecule has 1 N–H and O–H groups in total. The molecule has 130 valence electrons. The third kappa shape index (κ3) is 3.68. The highest BCUT2D eigenvalue weighted by molar-refractivity contribution is 5.60. The summed E-state index contributed by atoms with van der Waals surface area (Å²) in [6.45, 7) is 3.12. The second-order valence-corrected chi connectivity index (χ2v) is 5.78. The van der Waals surface area contributed by atoms with Crippen LogP contribution >= 0.6 is 0 Å². The third-order valence-electron chi connectivity index (χ3n) is 4.02. The van der Waals surface area contributed by atoms with Crippen LogP contribution in [0, 0.1) is 10.1 Å². The summed E-state index contributed by atoms with van der Waals surface area (Å²) in [4.78, 5) is 15.0. The second-order valence-electron chi connectivity index (χ2n) is 5.78. The van der Waals surface area contributed by atoms with E-state index < -0.39 is 0 Å². The molecule has 2 aromatic heterocycles. The third-order valence-corrected chi connectivity index (χ3v) is 4.02. The van der Waals surface area contributed by atoms with E-state index in [4.69, 9.17) is 0 Å². The average molecular weight is 340 g/mol. The fourth-order valence-corrected chi connectivity index (χ4v) is 2.74. The minimum atomic E-state index is -0.373. The van der Waals surface area contributed by atoms with Gasteiger partial charge in [0.25, 0.3) is 0 Å². The molecule has 0 saturated heterocycles. The van der Waals surface area contributed by atoms with E-state index in [0.717, 1.165) is 12.1 Å². The van der Waals surface area contributed by atoms with Crippen LogP contribution in [-0.2, 0) is 26.6 Å². The molecular formula is C17H20N6O2. The molecule has 1 aromatic carbocycles. The molecule has 3 rings (SSSR count). The lowest BCUT2D eigenvalue weighted by Gasteiger charge is -2.08. The van der Waals surface area contributed by atoms with Gasteiger partial charge in [-0.2, -0.15) is 5.10 Å². The predicted octanol–water partition coefficient (Wildman–Crippen LogP) is 2.75. The van der Waals surface area contributed by atoms with Gasteiger partial charge in [0.1, 0.15) is 5.69 Å². The normalized spacial score (nSPS) is 10.8. The van der Waals surface area contributed by atoms with Gasteiger partial charge in [0, 0.05) is 32.5 Å². The number of hydrogen-bond acceptors (Lipinski definition) is 5. The lowest BCUT2D eigenvalue weighted by atomic mass is 10.1. The number of anilines is 1. The van der Waals surface area contributed by atoms with Gasteiger partial charge in [-0.05, 0) is 17.5 Å². The number of rotatable bonds is 7. The fraction of sp³-hybridized carbons (Fsp3) is 0.294. The number of nitrogens with one attached hydrogen (secondary N) is 1. The van der Waals surface area contributed by atoms with Crippen molar-refractivity contribution >= 4 is 11.5 Å². The number of benzene rings is 1. The van der Waals surface area contributed by atoms with Gasteiger partial charge >= 0.3 is 5.69 Å². The summed E-state index contributed by atoms with van der Waals surface area (Å²) in [7, 11) is 1.71. The van der Waals surface area contributed by atoms with E-state index in [1.807, 2.05) is 42.0 Å². The van der Waals surface area contributed by atoms with Crippen LogP contribution in [0.2, 0.25) is 0 Å². The van der Waals surface area contributed by atoms with Gasteiger partial charge in [0.2, 0.25) is 5.82 Å². The second kappa shape index (κ2) is 7.16. The monoisotopic (exact) mass is 340 g/mol. The van der Waals surface area contributed by atoms with Crippen molar-refractivity contribution in [3.63, 3.8) is 0 Å². The van der Waals surface area contributed by atoms with E-state index in [9.17, 15) is 10.1 Å². The first-order valence-corrected chi connectivity index (χ1v) is 8.06. The quantitative estimate of drug-likeness (QED) is 0.527. The molecule has 0 atom stereocenters. The molecule has 0 aliphatic heterocycles. The summed E-state index contributed by atoms with van der Waals surface area (Å²) in [6, 6.07) is 8.13. The van der Waals surface area contributed by atoms with E-state index in [1.165, 1.54) is 10.2 Å². The van der Waals surface area contributed by atoms with Crippen LogP contribution in [-0.4, -0.2) is 24.3 Å². The Labute approximate surface area is 145 Å². The van der Waals surface area contributed by atoms with Crippen molar-refractivity contribution in [2.45, 2.75) is 26.4 Å². The number of nitro groups is 1. The van der Waals surface area contributed by atoms with Crippen molar-refractivity contribution < 1.29 is 4.92 Å². The molecule has 8 nitrogen and oxygen atoms in total. The molecule has 25 heavy (non-hydrogen) atoms. The lowest BCUT2D eigenvalue weighted by Crippen LogP contribution is -2.06. The van der Waals surface area contributed by atoms with Crippen molar-refractivity contribution in [1.29, 1.82) is 0 Å². The minimum Gasteiger partial charge on any atom is -0.360 e. The highest BCUT2D eigenvalue weighted by Gasteiger charge is 2.25. The first-order chi connectivity index (χ1) is 12.1. The van der Waals surface area contributed by atoms with E-state index in [0.29, 0.717) is 24.5 Å². The number of nitrogens with zero attached hydrogens (tertiary/aromatic N) is 5. The molecule has 0 spiro atoms. The number of imidazole rings is 1. The molecule has 8 heteroatoms. The van der Waals surface area contributed by atoms with Gasteiger partial charge in [-0.15, -0.1) is 0 Å². The zero-order chi connectivity index (χ0) is 17.8. The molecule has 2 heterocycles. The van der Waals surface area contributed by atoms with Crippen molar-refractivity contribution in [3.05, 3.63) is 69.9 Å². The molecule has 0 aliphatic carbocycles. The summed E-state index contributed by atoms with van der Waals surface area (Å²) in [5.74, 6) is 0.435. The van der Waals surface area contributed by atoms with Crippen LogP contribution in [0.1, 0.15) is 23.7 Å². The van der Waals surface area contributed by atoms with Crippen LogP contribution in [0.4, 0.5) is 11.5 Å². The Morgan fingerprint density at radius 1 is 1.24 bits per heavy atom. The molecule has 0 aliphatic rings. The van der Waals surface area contributed by atoms with Crippen LogP contribution in [0.5, 0.6) is 0 Å². The molecule has 0 radical (unpaired) electrons. The SMILES string of the molecule is CCc1nn(C)c(NCc2ccc(Cn3ccnc3)cc2)c1[N+](=O)[O-]. The predicted molar refractivity (Wildman–Crippen MR) is 94.3 cm³/mol. The highest BCUT2D eigenvalue weighted by atomic mass is 16.6. The van der Waals surface area contributed by atoms with Crippen LogP contribution in [0.15, 0.2) is 43.0 Å². The van der Waals surface area contributed by atoms with Gasteiger partial charge in [-0.3, -0.25) is 10.1 Å². The van der Waals surface area contributed by atoms with Crippen molar-refractivity contribution in [2.24, 2.45) is 7.05 Å². The van der Waals surface area contributed by atoms with Crippen molar-refractivity contribution in [3.8, 4) is 0 Å². The Balaban J connectivity index is 1.70.